The zero-order chi connectivity index (χ0) is 31.9. The lowest BCUT2D eigenvalue weighted by Crippen LogP contribution is -2.25. The molecule has 1 aromatic carbocycles. The molecule has 3 rings (SSSR count). The van der Waals surface area contributed by atoms with Crippen LogP contribution in [0, 0.1) is 36.5 Å². The molecule has 2 heterocycles. The molecule has 0 atom stereocenters. The molecular weight excluding hydrogens is 568 g/mol. The number of amides is 2. The summed E-state index contributed by atoms with van der Waals surface area (Å²) in [5.41, 5.74) is 8.96. The SMILES string of the molecule is COCc1cc(C)nc(OCC(=O)N/N=C/c2ccc(/C=N/NC(=O)COc3nc(C)cc(COC)c3C#N)cc2)c1C#N. The highest BCUT2D eigenvalue weighted by molar-refractivity contribution is 5.86. The van der Waals surface area contributed by atoms with Gasteiger partial charge in [-0.1, -0.05) is 24.3 Å². The molecule has 3 aromatic rings. The molecule has 226 valence electrons. The number of nitriles is 2. The number of rotatable bonds is 14. The van der Waals surface area contributed by atoms with E-state index in [9.17, 15) is 20.1 Å². The van der Waals surface area contributed by atoms with Crippen molar-refractivity contribution in [1.29, 1.82) is 10.5 Å². The monoisotopic (exact) mass is 598 g/mol. The van der Waals surface area contributed by atoms with Crippen molar-refractivity contribution in [2.24, 2.45) is 10.2 Å². The van der Waals surface area contributed by atoms with Gasteiger partial charge >= 0.3 is 0 Å². The molecule has 0 spiro atoms. The van der Waals surface area contributed by atoms with Crippen LogP contribution in [-0.4, -0.2) is 61.6 Å². The van der Waals surface area contributed by atoms with Crippen LogP contribution in [0.3, 0.4) is 0 Å². The van der Waals surface area contributed by atoms with E-state index in [0.29, 0.717) is 33.6 Å². The topological polar surface area (TPSA) is 193 Å². The second-order valence-corrected chi connectivity index (χ2v) is 9.13. The van der Waals surface area contributed by atoms with Gasteiger partial charge in [0.15, 0.2) is 13.2 Å². The van der Waals surface area contributed by atoms with Gasteiger partial charge in [0.1, 0.15) is 23.3 Å². The third-order valence-corrected chi connectivity index (χ3v) is 5.64. The van der Waals surface area contributed by atoms with Crippen LogP contribution >= 0.6 is 0 Å². The molecule has 0 aliphatic carbocycles. The van der Waals surface area contributed by atoms with Crippen molar-refractivity contribution in [1.82, 2.24) is 20.8 Å². The maximum atomic E-state index is 12.2. The second kappa shape index (κ2) is 16.7. The molecule has 0 aliphatic rings. The van der Waals surface area contributed by atoms with Crippen molar-refractivity contribution in [3.63, 3.8) is 0 Å². The molecule has 0 aliphatic heterocycles. The Balaban J connectivity index is 1.46. The Morgan fingerprint density at radius 3 is 1.50 bits per heavy atom. The van der Waals surface area contributed by atoms with E-state index in [1.807, 2.05) is 12.1 Å². The first-order chi connectivity index (χ1) is 21.3. The molecule has 14 heteroatoms. The number of benzene rings is 1. The Hall–Kier alpha value is -5.70. The van der Waals surface area contributed by atoms with Crippen LogP contribution in [0.4, 0.5) is 0 Å². The van der Waals surface area contributed by atoms with Crippen molar-refractivity contribution in [2.45, 2.75) is 27.1 Å². The normalized spacial score (nSPS) is 10.8. The van der Waals surface area contributed by atoms with E-state index < -0.39 is 25.0 Å². The smallest absolute Gasteiger partial charge is 0.278 e. The van der Waals surface area contributed by atoms with Crippen LogP contribution in [0.1, 0.15) is 44.8 Å². The van der Waals surface area contributed by atoms with E-state index in [1.165, 1.54) is 26.6 Å². The number of pyridine rings is 2. The number of carbonyl (C=O) groups is 2. The molecule has 14 nitrogen and oxygen atoms in total. The fourth-order valence-electron chi connectivity index (χ4n) is 3.76. The number of hydrogen-bond acceptors (Lipinski definition) is 12. The van der Waals surface area contributed by atoms with E-state index >= 15 is 0 Å². The summed E-state index contributed by atoms with van der Waals surface area (Å²) in [6, 6.07) is 14.4. The van der Waals surface area contributed by atoms with Gasteiger partial charge in [0, 0.05) is 36.7 Å². The van der Waals surface area contributed by atoms with Crippen LogP contribution in [-0.2, 0) is 32.3 Å². The maximum absolute atomic E-state index is 12.2. The number of ether oxygens (including phenoxy) is 4. The molecule has 0 bridgehead atoms. The van der Waals surface area contributed by atoms with Crippen LogP contribution < -0.4 is 20.3 Å². The Labute approximate surface area is 253 Å². The predicted octanol–water partition coefficient (Wildman–Crippen LogP) is 2.19. The molecule has 44 heavy (non-hydrogen) atoms. The van der Waals surface area contributed by atoms with Gasteiger partial charge in [0.05, 0.1) is 25.6 Å². The minimum absolute atomic E-state index is 0.0487. The van der Waals surface area contributed by atoms with Gasteiger partial charge in [0.25, 0.3) is 11.8 Å². The van der Waals surface area contributed by atoms with Crippen molar-refractivity contribution in [3.05, 3.63) is 81.2 Å². The van der Waals surface area contributed by atoms with Crippen molar-refractivity contribution in [2.75, 3.05) is 27.4 Å². The minimum atomic E-state index is -0.539. The molecule has 0 radical (unpaired) electrons. The average molecular weight is 599 g/mol. The Kier molecular flexibility index (Phi) is 12.4. The van der Waals surface area contributed by atoms with Gasteiger partial charge in [-0.05, 0) is 37.1 Å². The quantitative estimate of drug-likeness (QED) is 0.205. The summed E-state index contributed by atoms with van der Waals surface area (Å²) in [6.07, 6.45) is 2.88. The van der Waals surface area contributed by atoms with Gasteiger partial charge in [-0.2, -0.15) is 20.7 Å². The van der Waals surface area contributed by atoms with Crippen LogP contribution in [0.25, 0.3) is 0 Å². The predicted molar refractivity (Wildman–Crippen MR) is 158 cm³/mol. The number of carbonyl (C=O) groups excluding carboxylic acids is 2. The highest BCUT2D eigenvalue weighted by atomic mass is 16.5. The summed E-state index contributed by atoms with van der Waals surface area (Å²) < 4.78 is 21.1. The number of hydrogen-bond donors (Lipinski definition) is 2. The van der Waals surface area contributed by atoms with Crippen molar-refractivity contribution >= 4 is 24.2 Å². The molecule has 0 saturated carbocycles. The van der Waals surface area contributed by atoms with Gasteiger partial charge in [-0.15, -0.1) is 0 Å². The number of aromatic nitrogens is 2. The largest absolute Gasteiger partial charge is 0.467 e. The van der Waals surface area contributed by atoms with Crippen LogP contribution in [0.2, 0.25) is 0 Å². The van der Waals surface area contributed by atoms with Crippen LogP contribution in [0.15, 0.2) is 46.6 Å². The lowest BCUT2D eigenvalue weighted by atomic mass is 10.1. The first kappa shape index (κ1) is 32.8. The number of aryl methyl sites for hydroxylation is 2. The Morgan fingerprint density at radius 2 is 1.16 bits per heavy atom. The number of hydrazone groups is 2. The standard InChI is InChI=1S/C30H30N8O6/c1-19-9-23(15-41-3)25(11-31)29(35-19)43-17-27(39)37-33-13-21-5-7-22(8-6-21)14-34-38-28(40)18-44-30-26(12-32)24(16-42-4)10-20(2)36-30/h5-10,13-14H,15-18H2,1-4H3,(H,37,39)(H,38,40)/b33-13+,34-14+. The van der Waals surface area contributed by atoms with Gasteiger partial charge < -0.3 is 18.9 Å². The molecule has 2 aromatic heterocycles. The highest BCUT2D eigenvalue weighted by Crippen LogP contribution is 2.22. The van der Waals surface area contributed by atoms with Crippen LogP contribution in [0.5, 0.6) is 11.8 Å². The van der Waals surface area contributed by atoms with Crippen molar-refractivity contribution < 1.29 is 28.5 Å². The molecule has 2 amide bonds. The second-order valence-electron chi connectivity index (χ2n) is 9.13. The van der Waals surface area contributed by atoms with E-state index in [1.54, 1.807) is 50.2 Å². The number of methoxy groups -OCH3 is 2. The van der Waals surface area contributed by atoms with Gasteiger partial charge in [0.2, 0.25) is 11.8 Å². The zero-order valence-corrected chi connectivity index (χ0v) is 24.6. The molecule has 2 N–H and O–H groups in total. The maximum Gasteiger partial charge on any atom is 0.278 e. The van der Waals surface area contributed by atoms with E-state index in [-0.39, 0.29) is 36.1 Å². The number of nitrogens with one attached hydrogen (secondary N) is 2. The van der Waals surface area contributed by atoms with E-state index in [2.05, 4.69) is 31.0 Å². The lowest BCUT2D eigenvalue weighted by molar-refractivity contribution is -0.123. The summed E-state index contributed by atoms with van der Waals surface area (Å²) >= 11 is 0. The van der Waals surface area contributed by atoms with E-state index in [4.69, 9.17) is 18.9 Å². The highest BCUT2D eigenvalue weighted by Gasteiger charge is 2.15. The van der Waals surface area contributed by atoms with Crippen molar-refractivity contribution in [3.8, 4) is 23.9 Å². The molecule has 0 saturated heterocycles. The summed E-state index contributed by atoms with van der Waals surface area (Å²) in [7, 11) is 3.03. The van der Waals surface area contributed by atoms with Gasteiger partial charge in [-0.25, -0.2) is 20.8 Å². The summed E-state index contributed by atoms with van der Waals surface area (Å²) in [5, 5.41) is 26.7. The first-order valence-electron chi connectivity index (χ1n) is 13.1. The third-order valence-electron chi connectivity index (χ3n) is 5.64. The average Bonchev–Trinajstić information content (AvgIpc) is 3.00. The fourth-order valence-corrected chi connectivity index (χ4v) is 3.76. The fraction of sp³-hybridized carbons (Fsp3) is 0.267. The third kappa shape index (κ3) is 9.70. The first-order valence-corrected chi connectivity index (χ1v) is 13.1. The molecular formula is C30H30N8O6. The Morgan fingerprint density at radius 1 is 0.773 bits per heavy atom. The van der Waals surface area contributed by atoms with E-state index in [0.717, 1.165) is 0 Å². The number of nitrogens with zero attached hydrogens (tertiary/aromatic N) is 6. The summed E-state index contributed by atoms with van der Waals surface area (Å²) in [4.78, 5) is 32.7. The van der Waals surface area contributed by atoms with Gasteiger partial charge in [-0.3, -0.25) is 9.59 Å². The minimum Gasteiger partial charge on any atom is -0.467 e. The summed E-state index contributed by atoms with van der Waals surface area (Å²) in [6.45, 7) is 3.13. The lowest BCUT2D eigenvalue weighted by Gasteiger charge is -2.10. The molecule has 0 fully saturated rings. The molecule has 0 unspecified atom stereocenters. The zero-order valence-electron chi connectivity index (χ0n) is 24.6. The summed E-state index contributed by atoms with van der Waals surface area (Å²) in [5.74, 6) is -0.981. The Bertz CT molecular complexity index is 1500.